The van der Waals surface area contributed by atoms with Crippen LogP contribution in [0.5, 0.6) is 0 Å². The number of Topliss-reactive ketones (excluding diaryl/α,β-unsaturated/α-hetero) is 1. The van der Waals surface area contributed by atoms with Crippen LogP contribution in [0.15, 0.2) is 71.7 Å². The van der Waals surface area contributed by atoms with Gasteiger partial charge in [0.25, 0.3) is 0 Å². The van der Waals surface area contributed by atoms with Crippen LogP contribution in [0.2, 0.25) is 0 Å². The molecule has 0 radical (unpaired) electrons. The number of anilines is 1. The van der Waals surface area contributed by atoms with Gasteiger partial charge >= 0.3 is 0 Å². The van der Waals surface area contributed by atoms with E-state index in [1.807, 2.05) is 62.4 Å². The molecule has 0 aliphatic carbocycles. The lowest BCUT2D eigenvalue weighted by Gasteiger charge is -2.44. The summed E-state index contributed by atoms with van der Waals surface area (Å²) in [5.74, 6) is 0.183. The molecule has 2 N–H and O–H groups in total. The highest BCUT2D eigenvalue weighted by molar-refractivity contribution is 7.09. The molecule has 154 valence electrons. The predicted molar refractivity (Wildman–Crippen MR) is 124 cm³/mol. The number of rotatable bonds is 5. The first-order valence-corrected chi connectivity index (χ1v) is 11.1. The number of ketones is 1. The minimum atomic E-state index is -0.458. The molecule has 1 saturated heterocycles. The molecular weight excluding hydrogens is 390 g/mol. The summed E-state index contributed by atoms with van der Waals surface area (Å²) < 4.78 is 0. The lowest BCUT2D eigenvalue weighted by Crippen LogP contribution is -2.49. The average molecular weight is 418 g/mol. The fourth-order valence-corrected chi connectivity index (χ4v) is 4.83. The van der Waals surface area contributed by atoms with Crippen LogP contribution in [0.1, 0.15) is 36.0 Å². The molecule has 3 aromatic rings. The third-order valence-corrected chi connectivity index (χ3v) is 6.54. The van der Waals surface area contributed by atoms with Crippen LogP contribution in [-0.2, 0) is 11.2 Å². The lowest BCUT2D eigenvalue weighted by molar-refractivity contribution is -0.128. The van der Waals surface area contributed by atoms with Gasteiger partial charge in [-0.25, -0.2) is 0 Å². The number of nitrogens with two attached hydrogens (primary N) is 1. The standard InChI is InChI=1S/C25H27N3OS/c1-25(2)17-28(14-12-21-7-5-15-30-21)23(18-8-10-19(26)11-9-18)22(24(25)29)16-20-6-3-4-13-27-20/h3-11,13,15-16,23H,12,14,17,26H2,1-2H3. The van der Waals surface area contributed by atoms with Crippen molar-refractivity contribution in [2.45, 2.75) is 26.3 Å². The molecule has 1 atom stereocenters. The van der Waals surface area contributed by atoms with Gasteiger partial charge in [0, 0.05) is 40.8 Å². The van der Waals surface area contributed by atoms with Crippen molar-refractivity contribution in [2.75, 3.05) is 18.8 Å². The van der Waals surface area contributed by atoms with E-state index in [1.165, 1.54) is 4.88 Å². The quantitative estimate of drug-likeness (QED) is 0.469. The molecule has 0 bridgehead atoms. The summed E-state index contributed by atoms with van der Waals surface area (Å²) in [6.45, 7) is 5.68. The summed E-state index contributed by atoms with van der Waals surface area (Å²) in [5.41, 5.74) is 8.88. The maximum absolute atomic E-state index is 13.5. The van der Waals surface area contributed by atoms with Crippen molar-refractivity contribution in [3.63, 3.8) is 0 Å². The molecule has 30 heavy (non-hydrogen) atoms. The number of benzene rings is 1. The van der Waals surface area contributed by atoms with Gasteiger partial charge in [0.05, 0.1) is 11.7 Å². The number of likely N-dealkylation sites (tertiary alicyclic amines) is 1. The zero-order chi connectivity index (χ0) is 21.1. The van der Waals surface area contributed by atoms with E-state index in [1.54, 1.807) is 17.5 Å². The number of thiophene rings is 1. The number of piperidine rings is 1. The summed E-state index contributed by atoms with van der Waals surface area (Å²) in [6, 6.07) is 17.8. The first kappa shape index (κ1) is 20.5. The second-order valence-electron chi connectivity index (χ2n) is 8.44. The number of aromatic nitrogens is 1. The van der Waals surface area contributed by atoms with E-state index in [9.17, 15) is 4.79 Å². The van der Waals surface area contributed by atoms with Gasteiger partial charge in [-0.2, -0.15) is 0 Å². The second-order valence-corrected chi connectivity index (χ2v) is 9.47. The largest absolute Gasteiger partial charge is 0.399 e. The van der Waals surface area contributed by atoms with E-state index < -0.39 is 5.41 Å². The van der Waals surface area contributed by atoms with Crippen molar-refractivity contribution in [2.24, 2.45) is 5.41 Å². The van der Waals surface area contributed by atoms with Crippen LogP contribution >= 0.6 is 11.3 Å². The average Bonchev–Trinajstić information content (AvgIpc) is 3.25. The van der Waals surface area contributed by atoms with Gasteiger partial charge in [-0.1, -0.05) is 38.1 Å². The first-order valence-electron chi connectivity index (χ1n) is 10.2. The predicted octanol–water partition coefficient (Wildman–Crippen LogP) is 5.00. The van der Waals surface area contributed by atoms with Gasteiger partial charge in [-0.3, -0.25) is 14.7 Å². The number of carbonyl (C=O) groups excluding carboxylic acids is 1. The highest BCUT2D eigenvalue weighted by Crippen LogP contribution is 2.41. The number of hydrogen-bond acceptors (Lipinski definition) is 5. The van der Waals surface area contributed by atoms with Gasteiger partial charge in [-0.15, -0.1) is 11.3 Å². The van der Waals surface area contributed by atoms with Crippen LogP contribution in [0.3, 0.4) is 0 Å². The second kappa shape index (κ2) is 8.54. The maximum atomic E-state index is 13.5. The molecule has 0 saturated carbocycles. The van der Waals surface area contributed by atoms with Gasteiger partial charge < -0.3 is 5.73 Å². The molecule has 4 rings (SSSR count). The van der Waals surface area contributed by atoms with Crippen molar-refractivity contribution in [3.05, 3.63) is 87.9 Å². The molecule has 1 aliphatic heterocycles. The Labute approximate surface area is 182 Å². The Balaban J connectivity index is 1.77. The van der Waals surface area contributed by atoms with Crippen LogP contribution < -0.4 is 5.73 Å². The van der Waals surface area contributed by atoms with Crippen LogP contribution in [0.4, 0.5) is 5.69 Å². The minimum absolute atomic E-state index is 0.118. The molecule has 5 heteroatoms. The lowest BCUT2D eigenvalue weighted by atomic mass is 9.74. The summed E-state index contributed by atoms with van der Waals surface area (Å²) in [6.07, 6.45) is 4.68. The SMILES string of the molecule is CC1(C)CN(CCc2cccs2)C(c2ccc(N)cc2)C(=Cc2ccccn2)C1=O. The number of nitrogens with zero attached hydrogens (tertiary/aromatic N) is 2. The monoisotopic (exact) mass is 417 g/mol. The van der Waals surface area contributed by atoms with E-state index in [2.05, 4.69) is 27.4 Å². The number of nitrogen functional groups attached to an aromatic ring is 1. The van der Waals surface area contributed by atoms with E-state index in [4.69, 9.17) is 5.73 Å². The van der Waals surface area contributed by atoms with Gasteiger partial charge in [0.1, 0.15) is 0 Å². The molecule has 0 amide bonds. The normalized spacial score (nSPS) is 20.5. The van der Waals surface area contributed by atoms with Crippen molar-refractivity contribution >= 4 is 28.9 Å². The topological polar surface area (TPSA) is 59.2 Å². The zero-order valence-electron chi connectivity index (χ0n) is 17.4. The Morgan fingerprint density at radius 3 is 2.63 bits per heavy atom. The Bertz CT molecular complexity index is 1020. The Morgan fingerprint density at radius 2 is 1.97 bits per heavy atom. The fourth-order valence-electron chi connectivity index (χ4n) is 4.13. The van der Waals surface area contributed by atoms with E-state index in [0.29, 0.717) is 6.54 Å². The zero-order valence-corrected chi connectivity index (χ0v) is 18.2. The highest BCUT2D eigenvalue weighted by atomic mass is 32.1. The Hall–Kier alpha value is -2.76. The fraction of sp³-hybridized carbons (Fsp3) is 0.280. The minimum Gasteiger partial charge on any atom is -0.399 e. The number of pyridine rings is 1. The van der Waals surface area contributed by atoms with Crippen molar-refractivity contribution < 1.29 is 4.79 Å². The number of carbonyl (C=O) groups is 1. The summed E-state index contributed by atoms with van der Waals surface area (Å²) in [7, 11) is 0. The summed E-state index contributed by atoms with van der Waals surface area (Å²) >= 11 is 1.78. The van der Waals surface area contributed by atoms with Crippen LogP contribution in [0.25, 0.3) is 6.08 Å². The Kier molecular flexibility index (Phi) is 5.84. The summed E-state index contributed by atoms with van der Waals surface area (Å²) in [5, 5.41) is 2.11. The number of hydrogen-bond donors (Lipinski definition) is 1. The summed E-state index contributed by atoms with van der Waals surface area (Å²) in [4.78, 5) is 21.8. The van der Waals surface area contributed by atoms with E-state index >= 15 is 0 Å². The van der Waals surface area contributed by atoms with Crippen molar-refractivity contribution in [1.82, 2.24) is 9.88 Å². The molecule has 0 spiro atoms. The van der Waals surface area contributed by atoms with Gasteiger partial charge in [0.15, 0.2) is 5.78 Å². The van der Waals surface area contributed by atoms with E-state index in [-0.39, 0.29) is 11.8 Å². The third-order valence-electron chi connectivity index (χ3n) is 5.60. The highest BCUT2D eigenvalue weighted by Gasteiger charge is 2.43. The smallest absolute Gasteiger partial charge is 0.167 e. The first-order chi connectivity index (χ1) is 14.4. The molecule has 1 aromatic carbocycles. The molecule has 1 fully saturated rings. The third kappa shape index (κ3) is 4.37. The van der Waals surface area contributed by atoms with Crippen molar-refractivity contribution in [3.8, 4) is 0 Å². The van der Waals surface area contributed by atoms with Gasteiger partial charge in [-0.05, 0) is 53.8 Å². The van der Waals surface area contributed by atoms with Crippen LogP contribution in [0, 0.1) is 5.41 Å². The van der Waals surface area contributed by atoms with E-state index in [0.717, 1.165) is 35.5 Å². The van der Waals surface area contributed by atoms with Crippen molar-refractivity contribution in [1.29, 1.82) is 0 Å². The Morgan fingerprint density at radius 1 is 1.17 bits per heavy atom. The van der Waals surface area contributed by atoms with Crippen LogP contribution in [-0.4, -0.2) is 28.8 Å². The molecule has 1 aliphatic rings. The molecule has 2 aromatic heterocycles. The molecular formula is C25H27N3OS. The maximum Gasteiger partial charge on any atom is 0.167 e. The molecule has 3 heterocycles. The van der Waals surface area contributed by atoms with Gasteiger partial charge in [0.2, 0.25) is 0 Å². The molecule has 4 nitrogen and oxygen atoms in total. The molecule has 1 unspecified atom stereocenters.